The van der Waals surface area contributed by atoms with Crippen LogP contribution in [0.5, 0.6) is 0 Å². The van der Waals surface area contributed by atoms with Crippen molar-refractivity contribution in [3.8, 4) is 0 Å². The third kappa shape index (κ3) is 7.18. The minimum Gasteiger partial charge on any atom is -0.509 e. The van der Waals surface area contributed by atoms with E-state index in [1.165, 1.54) is 5.38 Å². The molecule has 2 aromatic rings. The van der Waals surface area contributed by atoms with Crippen molar-refractivity contribution < 1.29 is 32.5 Å². The van der Waals surface area contributed by atoms with E-state index in [9.17, 15) is 27.7 Å². The number of hydrogen-bond donors (Lipinski definition) is 8. The van der Waals surface area contributed by atoms with E-state index in [1.54, 1.807) is 6.92 Å². The number of nitrogens with zero attached hydrogens (tertiary/aromatic N) is 6. The number of aliphatic hydroxyl groups is 1. The van der Waals surface area contributed by atoms with E-state index in [0.717, 1.165) is 16.1 Å². The number of guanidine groups is 1. The van der Waals surface area contributed by atoms with Gasteiger partial charge in [-0.1, -0.05) is 11.7 Å². The van der Waals surface area contributed by atoms with Gasteiger partial charge >= 0.3 is 10.3 Å². The molecule has 2 aromatic heterocycles. The Balaban J connectivity index is 1.50. The summed E-state index contributed by atoms with van der Waals surface area (Å²) in [5.74, 6) is -2.29. The van der Waals surface area contributed by atoms with Gasteiger partial charge in [0.15, 0.2) is 22.4 Å². The predicted molar refractivity (Wildman–Crippen MR) is 153 cm³/mol. The minimum absolute atomic E-state index is 0.0129. The third-order valence-electron chi connectivity index (χ3n) is 6.61. The lowest BCUT2D eigenvalue weighted by atomic mass is 9.98. The number of rotatable bonds is 14. The van der Waals surface area contributed by atoms with Gasteiger partial charge in [-0.25, -0.2) is 9.29 Å². The van der Waals surface area contributed by atoms with Crippen LogP contribution in [0.15, 0.2) is 22.9 Å². The Labute approximate surface area is 249 Å². The zero-order valence-electron chi connectivity index (χ0n) is 23.0. The summed E-state index contributed by atoms with van der Waals surface area (Å²) < 4.78 is 33.9. The van der Waals surface area contributed by atoms with Crippen molar-refractivity contribution >= 4 is 50.3 Å². The fourth-order valence-electron chi connectivity index (χ4n) is 4.06. The lowest BCUT2D eigenvalue weighted by Crippen LogP contribution is -2.73. The number of β-lactam (4-membered cyclic amide) rings is 1. The Bertz CT molecular complexity index is 1550. The zero-order valence-corrected chi connectivity index (χ0v) is 24.6. The van der Waals surface area contributed by atoms with Crippen LogP contribution in [0.2, 0.25) is 0 Å². The van der Waals surface area contributed by atoms with Crippen molar-refractivity contribution in [2.24, 2.45) is 10.9 Å². The highest BCUT2D eigenvalue weighted by Gasteiger charge is 2.55. The molecule has 21 heteroatoms. The lowest BCUT2D eigenvalue weighted by molar-refractivity contribution is -0.145. The van der Waals surface area contributed by atoms with Gasteiger partial charge in [0.1, 0.15) is 29.2 Å². The second kappa shape index (κ2) is 12.5. The molecule has 10 N–H and O–H groups in total. The first-order valence-corrected chi connectivity index (χ1v) is 15.2. The number of aryl methyl sites for hydroxylation is 1. The van der Waals surface area contributed by atoms with Gasteiger partial charge in [-0.15, -0.1) is 11.3 Å². The zero-order chi connectivity index (χ0) is 31.5. The molecule has 43 heavy (non-hydrogen) atoms. The summed E-state index contributed by atoms with van der Waals surface area (Å²) in [6.07, 6.45) is 1.50. The Morgan fingerprint density at radius 1 is 1.37 bits per heavy atom. The van der Waals surface area contributed by atoms with E-state index >= 15 is 0 Å². The van der Waals surface area contributed by atoms with Crippen molar-refractivity contribution in [3.63, 3.8) is 0 Å². The first kappa shape index (κ1) is 31.6. The normalized spacial score (nSPS) is 19.4. The monoisotopic (exact) mass is 640 g/mol. The van der Waals surface area contributed by atoms with Crippen LogP contribution in [0.1, 0.15) is 36.3 Å². The van der Waals surface area contributed by atoms with Crippen molar-refractivity contribution in [3.05, 3.63) is 34.8 Å². The van der Waals surface area contributed by atoms with Gasteiger partial charge in [-0.2, -0.15) is 23.4 Å². The molecule has 1 aliphatic heterocycles. The number of hydrogen-bond acceptors (Lipinski definition) is 14. The number of nitrogen functional groups attached to an aromatic ring is 1. The van der Waals surface area contributed by atoms with Gasteiger partial charge in [0, 0.05) is 24.8 Å². The van der Waals surface area contributed by atoms with Gasteiger partial charge in [0.05, 0.1) is 18.8 Å². The van der Waals surface area contributed by atoms with Crippen LogP contribution in [0.4, 0.5) is 5.13 Å². The van der Waals surface area contributed by atoms with Gasteiger partial charge in [0.2, 0.25) is 0 Å². The molecule has 1 saturated carbocycles. The molecule has 1 aliphatic carbocycles. The number of thiazole rings is 1. The summed E-state index contributed by atoms with van der Waals surface area (Å²) >= 11 is 1.01. The van der Waals surface area contributed by atoms with Gasteiger partial charge < -0.3 is 37.4 Å². The Hall–Kier alpha value is -4.34. The molecule has 19 nitrogen and oxygen atoms in total. The van der Waals surface area contributed by atoms with Crippen LogP contribution >= 0.6 is 11.3 Å². The molecular formula is C22H32N12O7S2. The molecule has 0 spiro atoms. The standard InChI is InChI=1S/C22H32N12O7S2/c1-11-13(8-27-20(24)26-7-3-6-23)31-33(30-11)9-15-17(19(37)34(15)43(38,39)40)29-18(36)16(14-10-42-21(25)28-14)32-41-22(4-5-22)12(2)35/h10,15,17,35H,2-9,23H2,1H3,(H2,25,28)(H,29,36)(H3,24,26,27)(H,38,39,40)/b32-16-. The quantitative estimate of drug-likeness (QED) is 0.0213. The summed E-state index contributed by atoms with van der Waals surface area (Å²) in [7, 11) is -5.00. The van der Waals surface area contributed by atoms with Crippen LogP contribution in [0.3, 0.4) is 0 Å². The van der Waals surface area contributed by atoms with Crippen LogP contribution in [0.25, 0.3) is 0 Å². The van der Waals surface area contributed by atoms with Crippen LogP contribution in [-0.2, 0) is 37.8 Å². The van der Waals surface area contributed by atoms with E-state index in [-0.39, 0.29) is 45.7 Å². The van der Waals surface area contributed by atoms with Crippen molar-refractivity contribution in [1.29, 1.82) is 5.41 Å². The number of carbonyl (C=O) groups excluding carboxylic acids is 2. The fraction of sp³-hybridized carbons (Fsp3) is 0.500. The number of oxime groups is 1. The largest absolute Gasteiger partial charge is 0.509 e. The second-order valence-corrected chi connectivity index (χ2v) is 11.9. The summed E-state index contributed by atoms with van der Waals surface area (Å²) in [4.78, 5) is 36.7. The average Bonchev–Trinajstić information content (AvgIpc) is 3.48. The molecule has 0 bridgehead atoms. The first-order valence-electron chi connectivity index (χ1n) is 12.9. The first-order chi connectivity index (χ1) is 20.3. The predicted octanol–water partition coefficient (Wildman–Crippen LogP) is -1.89. The molecule has 2 atom stereocenters. The maximum Gasteiger partial charge on any atom is 0.362 e. The van der Waals surface area contributed by atoms with Gasteiger partial charge in [0.25, 0.3) is 11.8 Å². The highest BCUT2D eigenvalue weighted by atomic mass is 32.2. The molecule has 4 rings (SSSR count). The van der Waals surface area contributed by atoms with Crippen LogP contribution in [0, 0.1) is 12.3 Å². The number of nitrogens with one attached hydrogen (secondary N) is 4. The van der Waals surface area contributed by atoms with Gasteiger partial charge in [-0.05, 0) is 19.9 Å². The maximum atomic E-state index is 13.3. The Morgan fingerprint density at radius 3 is 2.67 bits per heavy atom. The van der Waals surface area contributed by atoms with E-state index in [1.807, 2.05) is 0 Å². The molecule has 2 unspecified atom stereocenters. The van der Waals surface area contributed by atoms with E-state index < -0.39 is 39.8 Å². The molecule has 2 aliphatic rings. The number of anilines is 1. The number of aliphatic hydroxyl groups excluding tert-OH is 1. The summed E-state index contributed by atoms with van der Waals surface area (Å²) in [5, 5.41) is 39.7. The van der Waals surface area contributed by atoms with Crippen LogP contribution < -0.4 is 27.4 Å². The molecule has 2 amide bonds. The minimum atomic E-state index is -5.00. The van der Waals surface area contributed by atoms with E-state index in [4.69, 9.17) is 21.7 Å². The molecular weight excluding hydrogens is 608 g/mol. The fourth-order valence-corrected chi connectivity index (χ4v) is 5.48. The highest BCUT2D eigenvalue weighted by Crippen LogP contribution is 2.44. The topological polar surface area (TPSA) is 289 Å². The van der Waals surface area contributed by atoms with Crippen molar-refractivity contribution in [2.45, 2.75) is 57.0 Å². The van der Waals surface area contributed by atoms with E-state index in [0.29, 0.717) is 43.7 Å². The SMILES string of the molecule is C=C(O)C1(O/N=C(\C(=O)NC2C(=O)N(S(=O)(=O)O)C2Cn2nc(C)c(CNC(=N)NCCCN)n2)c2csc(N)n2)CC1. The molecule has 2 fully saturated rings. The highest BCUT2D eigenvalue weighted by molar-refractivity contribution is 7.84. The number of aromatic nitrogens is 4. The van der Waals surface area contributed by atoms with Crippen molar-refractivity contribution in [1.82, 2.24) is 40.2 Å². The number of carbonyl (C=O) groups is 2. The lowest BCUT2D eigenvalue weighted by Gasteiger charge is -2.43. The van der Waals surface area contributed by atoms with E-state index in [2.05, 4.69) is 42.9 Å². The summed E-state index contributed by atoms with van der Waals surface area (Å²) in [6, 6.07) is -2.75. The molecule has 0 radical (unpaired) electrons. The summed E-state index contributed by atoms with van der Waals surface area (Å²) in [6.45, 7) is 5.87. The maximum absolute atomic E-state index is 13.3. The summed E-state index contributed by atoms with van der Waals surface area (Å²) in [5.41, 5.74) is 10.5. The molecule has 1 saturated heterocycles. The number of amides is 2. The molecule has 0 aromatic carbocycles. The average molecular weight is 641 g/mol. The third-order valence-corrected chi connectivity index (χ3v) is 8.23. The molecule has 3 heterocycles. The smallest absolute Gasteiger partial charge is 0.362 e. The molecule has 234 valence electrons. The van der Waals surface area contributed by atoms with Crippen LogP contribution in [-0.4, -0.2) is 96.6 Å². The van der Waals surface area contributed by atoms with Crippen molar-refractivity contribution in [2.75, 3.05) is 18.8 Å². The Morgan fingerprint density at radius 2 is 2.09 bits per heavy atom. The Kier molecular flexibility index (Phi) is 9.18. The van der Waals surface area contributed by atoms with Gasteiger partial charge in [-0.3, -0.25) is 19.6 Å². The number of nitrogens with two attached hydrogens (primary N) is 2. The second-order valence-electron chi connectivity index (χ2n) is 9.76.